The highest BCUT2D eigenvalue weighted by molar-refractivity contribution is 5.96. The van der Waals surface area contributed by atoms with Gasteiger partial charge in [0.2, 0.25) is 5.91 Å². The molecule has 2 aromatic carbocycles. The zero-order chi connectivity index (χ0) is 18.5. The number of urea groups is 1. The standard InChI is InChI=1S/C20H22FN3O2/c1-2-23(13-15-6-4-3-5-7-15)20(26)22-17-12-19(25)24(14-17)18-10-8-16(21)9-11-18/h3-11,17H,2,12-14H2,1H3,(H,22,26). The van der Waals surface area contributed by atoms with E-state index in [2.05, 4.69) is 5.32 Å². The van der Waals surface area contributed by atoms with Gasteiger partial charge in [0.15, 0.2) is 0 Å². The fraction of sp³-hybridized carbons (Fsp3) is 0.300. The largest absolute Gasteiger partial charge is 0.333 e. The van der Waals surface area contributed by atoms with E-state index in [0.717, 1.165) is 5.56 Å². The summed E-state index contributed by atoms with van der Waals surface area (Å²) in [5.41, 5.74) is 1.70. The molecule has 0 saturated carbocycles. The van der Waals surface area contributed by atoms with Gasteiger partial charge < -0.3 is 15.1 Å². The van der Waals surface area contributed by atoms with Crippen molar-refractivity contribution < 1.29 is 14.0 Å². The summed E-state index contributed by atoms with van der Waals surface area (Å²) in [7, 11) is 0. The van der Waals surface area contributed by atoms with Gasteiger partial charge in [-0.2, -0.15) is 0 Å². The number of rotatable bonds is 5. The number of carbonyl (C=O) groups excluding carboxylic acids is 2. The van der Waals surface area contributed by atoms with E-state index in [1.807, 2.05) is 37.3 Å². The Morgan fingerprint density at radius 2 is 1.88 bits per heavy atom. The van der Waals surface area contributed by atoms with Gasteiger partial charge in [0.25, 0.3) is 0 Å². The summed E-state index contributed by atoms with van der Waals surface area (Å²) in [4.78, 5) is 28.1. The summed E-state index contributed by atoms with van der Waals surface area (Å²) in [6, 6.07) is 15.1. The van der Waals surface area contributed by atoms with Crippen LogP contribution < -0.4 is 10.2 Å². The van der Waals surface area contributed by atoms with E-state index in [-0.39, 0.29) is 30.2 Å². The average molecular weight is 355 g/mol. The molecule has 1 unspecified atom stereocenters. The van der Waals surface area contributed by atoms with Crippen molar-refractivity contribution in [2.45, 2.75) is 25.9 Å². The molecule has 0 aliphatic carbocycles. The Morgan fingerprint density at radius 3 is 2.54 bits per heavy atom. The molecule has 3 amide bonds. The number of carbonyl (C=O) groups is 2. The van der Waals surface area contributed by atoms with E-state index < -0.39 is 0 Å². The number of hydrogen-bond donors (Lipinski definition) is 1. The fourth-order valence-electron chi connectivity index (χ4n) is 3.07. The molecule has 3 rings (SSSR count). The molecule has 5 nitrogen and oxygen atoms in total. The summed E-state index contributed by atoms with van der Waals surface area (Å²) in [5, 5.41) is 2.94. The van der Waals surface area contributed by atoms with Crippen LogP contribution in [0.15, 0.2) is 54.6 Å². The van der Waals surface area contributed by atoms with E-state index in [1.54, 1.807) is 21.9 Å². The SMILES string of the molecule is CCN(Cc1ccccc1)C(=O)NC1CC(=O)N(c2ccc(F)cc2)C1. The Balaban J connectivity index is 1.60. The molecule has 0 radical (unpaired) electrons. The zero-order valence-electron chi connectivity index (χ0n) is 14.7. The van der Waals surface area contributed by atoms with Gasteiger partial charge in [-0.3, -0.25) is 4.79 Å². The monoisotopic (exact) mass is 355 g/mol. The molecule has 1 heterocycles. The predicted molar refractivity (Wildman–Crippen MR) is 98.2 cm³/mol. The Bertz CT molecular complexity index is 764. The van der Waals surface area contributed by atoms with Gasteiger partial charge in [0, 0.05) is 31.7 Å². The van der Waals surface area contributed by atoms with Crippen molar-refractivity contribution in [1.29, 1.82) is 0 Å². The number of nitrogens with one attached hydrogen (secondary N) is 1. The highest BCUT2D eigenvalue weighted by atomic mass is 19.1. The summed E-state index contributed by atoms with van der Waals surface area (Å²) in [5.74, 6) is -0.419. The molecular weight excluding hydrogens is 333 g/mol. The topological polar surface area (TPSA) is 52.7 Å². The molecule has 136 valence electrons. The van der Waals surface area contributed by atoms with Crippen molar-refractivity contribution in [3.63, 3.8) is 0 Å². The predicted octanol–water partition coefficient (Wildman–Crippen LogP) is 3.16. The van der Waals surface area contributed by atoms with Crippen LogP contribution in [0.5, 0.6) is 0 Å². The van der Waals surface area contributed by atoms with Crippen LogP contribution in [0.4, 0.5) is 14.9 Å². The normalized spacial score (nSPS) is 16.6. The van der Waals surface area contributed by atoms with Crippen LogP contribution in [0.2, 0.25) is 0 Å². The van der Waals surface area contributed by atoms with Gasteiger partial charge in [-0.1, -0.05) is 30.3 Å². The third-order valence-corrected chi connectivity index (χ3v) is 4.48. The highest BCUT2D eigenvalue weighted by Gasteiger charge is 2.32. The first-order chi connectivity index (χ1) is 12.6. The summed E-state index contributed by atoms with van der Waals surface area (Å²) in [6.07, 6.45) is 0.242. The van der Waals surface area contributed by atoms with Gasteiger partial charge in [-0.05, 0) is 36.8 Å². The summed E-state index contributed by atoms with van der Waals surface area (Å²) < 4.78 is 13.1. The average Bonchev–Trinajstić information content (AvgIpc) is 3.01. The number of hydrogen-bond acceptors (Lipinski definition) is 2. The van der Waals surface area contributed by atoms with Crippen molar-refractivity contribution >= 4 is 17.6 Å². The lowest BCUT2D eigenvalue weighted by Gasteiger charge is -2.24. The third kappa shape index (κ3) is 4.20. The summed E-state index contributed by atoms with van der Waals surface area (Å²) in [6.45, 7) is 3.40. The molecule has 1 fully saturated rings. The number of halogens is 1. The molecular formula is C20H22FN3O2. The van der Waals surface area contributed by atoms with Crippen LogP contribution in [-0.4, -0.2) is 36.0 Å². The van der Waals surface area contributed by atoms with Crippen molar-refractivity contribution in [3.05, 3.63) is 66.0 Å². The third-order valence-electron chi connectivity index (χ3n) is 4.48. The number of anilines is 1. The van der Waals surface area contributed by atoms with Crippen LogP contribution in [0, 0.1) is 5.82 Å². The Morgan fingerprint density at radius 1 is 1.19 bits per heavy atom. The number of benzene rings is 2. The van der Waals surface area contributed by atoms with Crippen molar-refractivity contribution in [3.8, 4) is 0 Å². The summed E-state index contributed by atoms with van der Waals surface area (Å²) >= 11 is 0. The van der Waals surface area contributed by atoms with E-state index in [0.29, 0.717) is 25.3 Å². The van der Waals surface area contributed by atoms with E-state index in [9.17, 15) is 14.0 Å². The Kier molecular flexibility index (Phi) is 5.51. The molecule has 0 bridgehead atoms. The van der Waals surface area contributed by atoms with Crippen molar-refractivity contribution in [1.82, 2.24) is 10.2 Å². The van der Waals surface area contributed by atoms with Gasteiger partial charge in [-0.25, -0.2) is 9.18 Å². The first-order valence-corrected chi connectivity index (χ1v) is 8.72. The van der Waals surface area contributed by atoms with E-state index in [1.165, 1.54) is 12.1 Å². The second-order valence-corrected chi connectivity index (χ2v) is 6.33. The number of nitrogens with zero attached hydrogens (tertiary/aromatic N) is 2. The van der Waals surface area contributed by atoms with Gasteiger partial charge >= 0.3 is 6.03 Å². The van der Waals surface area contributed by atoms with Crippen molar-refractivity contribution in [2.24, 2.45) is 0 Å². The first kappa shape index (κ1) is 17.9. The van der Waals surface area contributed by atoms with Gasteiger partial charge in [-0.15, -0.1) is 0 Å². The lowest BCUT2D eigenvalue weighted by molar-refractivity contribution is -0.117. The molecule has 1 aliphatic rings. The molecule has 0 aromatic heterocycles. The van der Waals surface area contributed by atoms with Crippen LogP contribution in [0.1, 0.15) is 18.9 Å². The highest BCUT2D eigenvalue weighted by Crippen LogP contribution is 2.22. The zero-order valence-corrected chi connectivity index (χ0v) is 14.7. The minimum Gasteiger partial charge on any atom is -0.333 e. The Hall–Kier alpha value is -2.89. The van der Waals surface area contributed by atoms with Crippen LogP contribution >= 0.6 is 0 Å². The molecule has 1 atom stereocenters. The van der Waals surface area contributed by atoms with E-state index in [4.69, 9.17) is 0 Å². The van der Waals surface area contributed by atoms with Crippen LogP contribution in [-0.2, 0) is 11.3 Å². The van der Waals surface area contributed by atoms with E-state index >= 15 is 0 Å². The van der Waals surface area contributed by atoms with Gasteiger partial charge in [0.1, 0.15) is 5.82 Å². The maximum absolute atomic E-state index is 13.1. The number of amides is 3. The van der Waals surface area contributed by atoms with Gasteiger partial charge in [0.05, 0.1) is 6.04 Å². The minimum absolute atomic E-state index is 0.0759. The fourth-order valence-corrected chi connectivity index (χ4v) is 3.07. The first-order valence-electron chi connectivity index (χ1n) is 8.72. The second kappa shape index (κ2) is 7.99. The van der Waals surface area contributed by atoms with Crippen LogP contribution in [0.25, 0.3) is 0 Å². The maximum Gasteiger partial charge on any atom is 0.317 e. The lowest BCUT2D eigenvalue weighted by Crippen LogP contribution is -2.45. The maximum atomic E-state index is 13.1. The van der Waals surface area contributed by atoms with Crippen molar-refractivity contribution in [2.75, 3.05) is 18.0 Å². The lowest BCUT2D eigenvalue weighted by atomic mass is 10.2. The molecule has 2 aromatic rings. The molecule has 1 aliphatic heterocycles. The minimum atomic E-state index is -0.343. The molecule has 6 heteroatoms. The molecule has 26 heavy (non-hydrogen) atoms. The molecule has 1 saturated heterocycles. The molecule has 0 spiro atoms. The second-order valence-electron chi connectivity index (χ2n) is 6.33. The Labute approximate surface area is 152 Å². The van der Waals surface area contributed by atoms with Crippen LogP contribution in [0.3, 0.4) is 0 Å². The molecule has 1 N–H and O–H groups in total. The quantitative estimate of drug-likeness (QED) is 0.896. The smallest absolute Gasteiger partial charge is 0.317 e.